The van der Waals surface area contributed by atoms with E-state index in [2.05, 4.69) is 58.7 Å². The van der Waals surface area contributed by atoms with Gasteiger partial charge in [-0.05, 0) is 37.3 Å². The number of benzene rings is 1. The minimum Gasteiger partial charge on any atom is -0.378 e. The van der Waals surface area contributed by atoms with Gasteiger partial charge in [0, 0.05) is 38.3 Å². The molecule has 1 unspecified atom stereocenters. The predicted molar refractivity (Wildman–Crippen MR) is 110 cm³/mol. The lowest BCUT2D eigenvalue weighted by Crippen LogP contribution is -2.40. The van der Waals surface area contributed by atoms with Crippen LogP contribution >= 0.6 is 0 Å². The van der Waals surface area contributed by atoms with E-state index in [-0.39, 0.29) is 6.10 Å². The standard InChI is InChI=1S/C21H32N4O/c1-5-26-19(16(2)3)12-15-25-21(22-4)24-14-11-18-9-6-8-17-10-7-13-23-20(17)18/h6-10,13,16,19H,5,11-12,14-15H2,1-4H3,(H2,22,24,25). The van der Waals surface area contributed by atoms with Gasteiger partial charge in [-0.3, -0.25) is 9.98 Å². The topological polar surface area (TPSA) is 58.5 Å². The van der Waals surface area contributed by atoms with Gasteiger partial charge in [0.2, 0.25) is 0 Å². The molecule has 0 aliphatic rings. The number of para-hydroxylation sites is 1. The number of hydrogen-bond donors (Lipinski definition) is 2. The third-order valence-electron chi connectivity index (χ3n) is 4.47. The molecular weight excluding hydrogens is 324 g/mol. The molecule has 0 fully saturated rings. The zero-order valence-corrected chi connectivity index (χ0v) is 16.5. The summed E-state index contributed by atoms with van der Waals surface area (Å²) in [7, 11) is 1.80. The highest BCUT2D eigenvalue weighted by Crippen LogP contribution is 2.16. The average Bonchev–Trinajstić information content (AvgIpc) is 2.66. The summed E-state index contributed by atoms with van der Waals surface area (Å²) in [4.78, 5) is 8.82. The van der Waals surface area contributed by atoms with Crippen LogP contribution in [0, 0.1) is 5.92 Å². The van der Waals surface area contributed by atoms with E-state index in [1.165, 1.54) is 10.9 Å². The number of hydrogen-bond acceptors (Lipinski definition) is 3. The molecule has 0 aliphatic carbocycles. The summed E-state index contributed by atoms with van der Waals surface area (Å²) in [6.07, 6.45) is 4.01. The van der Waals surface area contributed by atoms with Crippen LogP contribution in [0.2, 0.25) is 0 Å². The van der Waals surface area contributed by atoms with Crippen LogP contribution in [0.1, 0.15) is 32.8 Å². The highest BCUT2D eigenvalue weighted by molar-refractivity contribution is 5.82. The zero-order valence-electron chi connectivity index (χ0n) is 16.5. The number of nitrogens with zero attached hydrogens (tertiary/aromatic N) is 2. The Morgan fingerprint density at radius 2 is 1.92 bits per heavy atom. The van der Waals surface area contributed by atoms with Gasteiger partial charge in [-0.15, -0.1) is 0 Å². The minimum atomic E-state index is 0.285. The lowest BCUT2D eigenvalue weighted by molar-refractivity contribution is 0.0258. The molecule has 2 aromatic rings. The summed E-state index contributed by atoms with van der Waals surface area (Å²) in [5, 5.41) is 7.95. The summed E-state index contributed by atoms with van der Waals surface area (Å²) in [6, 6.07) is 10.4. The number of aromatic nitrogens is 1. The van der Waals surface area contributed by atoms with Gasteiger partial charge in [0.05, 0.1) is 11.6 Å². The second kappa shape index (κ2) is 10.8. The number of ether oxygens (including phenoxy) is 1. The molecule has 0 saturated heterocycles. The van der Waals surface area contributed by atoms with E-state index in [0.29, 0.717) is 5.92 Å². The fourth-order valence-corrected chi connectivity index (χ4v) is 3.06. The summed E-state index contributed by atoms with van der Waals surface area (Å²) in [6.45, 7) is 8.87. The molecular formula is C21H32N4O. The van der Waals surface area contributed by atoms with E-state index in [1.807, 2.05) is 19.2 Å². The molecule has 0 radical (unpaired) electrons. The predicted octanol–water partition coefficient (Wildman–Crippen LogP) is 3.39. The van der Waals surface area contributed by atoms with Gasteiger partial charge in [-0.2, -0.15) is 0 Å². The van der Waals surface area contributed by atoms with Crippen molar-refractivity contribution < 1.29 is 4.74 Å². The number of rotatable bonds is 9. The van der Waals surface area contributed by atoms with Crippen molar-refractivity contribution in [3.8, 4) is 0 Å². The van der Waals surface area contributed by atoms with Crippen LogP contribution in [0.3, 0.4) is 0 Å². The largest absolute Gasteiger partial charge is 0.378 e. The first kappa shape index (κ1) is 20.2. The molecule has 1 atom stereocenters. The molecule has 1 aromatic carbocycles. The highest BCUT2D eigenvalue weighted by atomic mass is 16.5. The Morgan fingerprint density at radius 1 is 1.15 bits per heavy atom. The normalized spacial score (nSPS) is 13.2. The summed E-state index contributed by atoms with van der Waals surface area (Å²) in [5.74, 6) is 1.35. The molecule has 26 heavy (non-hydrogen) atoms. The number of aliphatic imine (C=N–C) groups is 1. The van der Waals surface area contributed by atoms with Gasteiger partial charge in [0.15, 0.2) is 5.96 Å². The van der Waals surface area contributed by atoms with Crippen molar-refractivity contribution in [1.29, 1.82) is 0 Å². The monoisotopic (exact) mass is 356 g/mol. The summed E-state index contributed by atoms with van der Waals surface area (Å²) >= 11 is 0. The van der Waals surface area contributed by atoms with Crippen molar-refractivity contribution in [3.05, 3.63) is 42.1 Å². The Morgan fingerprint density at radius 3 is 2.65 bits per heavy atom. The van der Waals surface area contributed by atoms with Crippen molar-refractivity contribution in [1.82, 2.24) is 15.6 Å². The Hall–Kier alpha value is -2.14. The quantitative estimate of drug-likeness (QED) is 0.534. The van der Waals surface area contributed by atoms with Crippen molar-refractivity contribution in [3.63, 3.8) is 0 Å². The number of guanidine groups is 1. The second-order valence-corrected chi connectivity index (χ2v) is 6.69. The molecule has 0 aliphatic heterocycles. The number of nitrogens with one attached hydrogen (secondary N) is 2. The van der Waals surface area contributed by atoms with Crippen LogP contribution in [-0.2, 0) is 11.2 Å². The van der Waals surface area contributed by atoms with Crippen LogP contribution in [0.5, 0.6) is 0 Å². The van der Waals surface area contributed by atoms with Gasteiger partial charge in [0.1, 0.15) is 0 Å². The first-order chi connectivity index (χ1) is 12.7. The molecule has 142 valence electrons. The molecule has 5 heteroatoms. The van der Waals surface area contributed by atoms with Crippen LogP contribution in [0.15, 0.2) is 41.5 Å². The van der Waals surface area contributed by atoms with Crippen molar-refractivity contribution >= 4 is 16.9 Å². The minimum absolute atomic E-state index is 0.285. The molecule has 2 rings (SSSR count). The fraction of sp³-hybridized carbons (Fsp3) is 0.524. The lowest BCUT2D eigenvalue weighted by atomic mass is 10.0. The molecule has 1 heterocycles. The first-order valence-electron chi connectivity index (χ1n) is 9.54. The van der Waals surface area contributed by atoms with Crippen molar-refractivity contribution in [2.45, 2.75) is 39.7 Å². The van der Waals surface area contributed by atoms with Crippen molar-refractivity contribution in [2.75, 3.05) is 26.7 Å². The smallest absolute Gasteiger partial charge is 0.190 e. The Kier molecular flexibility index (Phi) is 8.35. The van der Waals surface area contributed by atoms with E-state index >= 15 is 0 Å². The Balaban J connectivity index is 1.80. The highest BCUT2D eigenvalue weighted by Gasteiger charge is 2.13. The van der Waals surface area contributed by atoms with Crippen molar-refractivity contribution in [2.24, 2.45) is 10.9 Å². The van der Waals surface area contributed by atoms with Gasteiger partial charge in [0.25, 0.3) is 0 Å². The Bertz CT molecular complexity index is 694. The first-order valence-corrected chi connectivity index (χ1v) is 9.54. The maximum absolute atomic E-state index is 5.79. The second-order valence-electron chi connectivity index (χ2n) is 6.69. The third-order valence-corrected chi connectivity index (χ3v) is 4.47. The summed E-state index contributed by atoms with van der Waals surface area (Å²) in [5.41, 5.74) is 2.33. The number of pyridine rings is 1. The van der Waals surface area contributed by atoms with E-state index in [9.17, 15) is 0 Å². The molecule has 2 N–H and O–H groups in total. The molecule has 0 amide bonds. The van der Waals surface area contributed by atoms with Crippen LogP contribution < -0.4 is 10.6 Å². The molecule has 0 bridgehead atoms. The van der Waals surface area contributed by atoms with Gasteiger partial charge >= 0.3 is 0 Å². The van der Waals surface area contributed by atoms with Crippen LogP contribution in [0.25, 0.3) is 10.9 Å². The molecule has 0 spiro atoms. The number of fused-ring (bicyclic) bond motifs is 1. The average molecular weight is 357 g/mol. The SMILES string of the molecule is CCOC(CCNC(=NC)NCCc1cccc2cccnc12)C(C)C. The van der Waals surface area contributed by atoms with Crippen LogP contribution in [-0.4, -0.2) is 43.8 Å². The summed E-state index contributed by atoms with van der Waals surface area (Å²) < 4.78 is 5.79. The lowest BCUT2D eigenvalue weighted by Gasteiger charge is -2.21. The maximum atomic E-state index is 5.79. The van der Waals surface area contributed by atoms with E-state index in [4.69, 9.17) is 4.74 Å². The van der Waals surface area contributed by atoms with Gasteiger partial charge in [-0.25, -0.2) is 0 Å². The Labute approximate surface area is 157 Å². The third kappa shape index (κ3) is 5.99. The zero-order chi connectivity index (χ0) is 18.8. The maximum Gasteiger partial charge on any atom is 0.190 e. The van der Waals surface area contributed by atoms with Crippen LogP contribution in [0.4, 0.5) is 0 Å². The molecule has 0 saturated carbocycles. The molecule has 1 aromatic heterocycles. The fourth-order valence-electron chi connectivity index (χ4n) is 3.06. The van der Waals surface area contributed by atoms with Gasteiger partial charge in [-0.1, -0.05) is 38.1 Å². The molecule has 5 nitrogen and oxygen atoms in total. The van der Waals surface area contributed by atoms with E-state index in [0.717, 1.165) is 44.0 Å². The van der Waals surface area contributed by atoms with E-state index in [1.54, 1.807) is 7.05 Å². The van der Waals surface area contributed by atoms with E-state index < -0.39 is 0 Å². The van der Waals surface area contributed by atoms with Gasteiger partial charge < -0.3 is 15.4 Å².